The third kappa shape index (κ3) is 3.35. The number of benzene rings is 1. The molecule has 0 radical (unpaired) electrons. The highest BCUT2D eigenvalue weighted by molar-refractivity contribution is 5.90. The summed E-state index contributed by atoms with van der Waals surface area (Å²) in [7, 11) is 0. The predicted molar refractivity (Wildman–Crippen MR) is 105 cm³/mol. The standard InChI is InChI=1S/C20H25F3N4O2/c1-9-15-17(27(12-3-4-12)20(29)25-19(15)28)10(2)18(16(9)23)26-6-5-11(8-26)13(24)7-14(21)22/h11-14H,3-8,24H2,1-2H3,(H,25,28,29). The quantitative estimate of drug-likeness (QED) is 0.794. The number of hydrogen-bond donors (Lipinski definition) is 2. The van der Waals surface area contributed by atoms with E-state index in [1.807, 2.05) is 4.90 Å². The lowest BCUT2D eigenvalue weighted by atomic mass is 9.97. The number of anilines is 1. The SMILES string of the molecule is Cc1c(F)c(N2CCC(C(N)CC(F)F)C2)c(C)c2c1c(=O)[nH]c(=O)n2C1CC1. The molecule has 1 aromatic carbocycles. The van der Waals surface area contributed by atoms with E-state index in [0.29, 0.717) is 36.3 Å². The number of nitrogens with one attached hydrogen (secondary N) is 1. The molecule has 2 heterocycles. The Labute approximate surface area is 165 Å². The highest BCUT2D eigenvalue weighted by atomic mass is 19.3. The van der Waals surface area contributed by atoms with E-state index in [2.05, 4.69) is 4.98 Å². The van der Waals surface area contributed by atoms with Gasteiger partial charge < -0.3 is 10.6 Å². The van der Waals surface area contributed by atoms with Crippen LogP contribution in [0.1, 0.15) is 42.9 Å². The number of aryl methyl sites for hydroxylation is 2. The van der Waals surface area contributed by atoms with E-state index in [1.54, 1.807) is 11.5 Å². The number of fused-ring (bicyclic) bond motifs is 1. The number of nitrogens with zero attached hydrogens (tertiary/aromatic N) is 2. The number of aromatic nitrogens is 2. The van der Waals surface area contributed by atoms with E-state index in [4.69, 9.17) is 5.73 Å². The van der Waals surface area contributed by atoms with Crippen LogP contribution in [-0.4, -0.2) is 35.1 Å². The van der Waals surface area contributed by atoms with Crippen molar-refractivity contribution in [1.82, 2.24) is 9.55 Å². The molecular weight excluding hydrogens is 385 g/mol. The van der Waals surface area contributed by atoms with Crippen LogP contribution >= 0.6 is 0 Å². The van der Waals surface area contributed by atoms with Crippen molar-refractivity contribution in [3.05, 3.63) is 37.8 Å². The van der Waals surface area contributed by atoms with Crippen LogP contribution in [0.15, 0.2) is 9.59 Å². The van der Waals surface area contributed by atoms with Crippen LogP contribution in [0.5, 0.6) is 0 Å². The van der Waals surface area contributed by atoms with E-state index < -0.39 is 29.5 Å². The molecule has 4 rings (SSSR count). The largest absolute Gasteiger partial charge is 0.369 e. The third-order valence-corrected chi connectivity index (χ3v) is 6.28. The van der Waals surface area contributed by atoms with Gasteiger partial charge in [-0.25, -0.2) is 18.0 Å². The lowest BCUT2D eigenvalue weighted by Gasteiger charge is -2.26. The van der Waals surface area contributed by atoms with Crippen molar-refractivity contribution in [3.8, 4) is 0 Å². The predicted octanol–water partition coefficient (Wildman–Crippen LogP) is 2.59. The summed E-state index contributed by atoms with van der Waals surface area (Å²) in [6, 6.07) is -0.651. The first-order chi connectivity index (χ1) is 13.7. The summed E-state index contributed by atoms with van der Waals surface area (Å²) >= 11 is 0. The fourth-order valence-corrected chi connectivity index (χ4v) is 4.62. The van der Waals surface area contributed by atoms with Crippen molar-refractivity contribution in [1.29, 1.82) is 0 Å². The van der Waals surface area contributed by atoms with Gasteiger partial charge in [0.05, 0.1) is 16.6 Å². The lowest BCUT2D eigenvalue weighted by Crippen LogP contribution is -2.35. The number of halogens is 3. The van der Waals surface area contributed by atoms with Crippen LogP contribution in [0.3, 0.4) is 0 Å². The lowest BCUT2D eigenvalue weighted by molar-refractivity contribution is 0.120. The Kier molecular flexibility index (Phi) is 4.96. The first-order valence-corrected chi connectivity index (χ1v) is 9.96. The second kappa shape index (κ2) is 7.19. The maximum atomic E-state index is 15.4. The van der Waals surface area contributed by atoms with Crippen molar-refractivity contribution < 1.29 is 13.2 Å². The molecule has 0 spiro atoms. The summed E-state index contributed by atoms with van der Waals surface area (Å²) in [5.74, 6) is -0.673. The van der Waals surface area contributed by atoms with Gasteiger partial charge in [-0.15, -0.1) is 0 Å². The summed E-state index contributed by atoms with van der Waals surface area (Å²) in [6.07, 6.45) is -0.594. The molecule has 2 aromatic rings. The van der Waals surface area contributed by atoms with Crippen molar-refractivity contribution in [3.63, 3.8) is 0 Å². The van der Waals surface area contributed by atoms with Gasteiger partial charge in [0.15, 0.2) is 5.82 Å². The van der Waals surface area contributed by atoms with Gasteiger partial charge in [-0.3, -0.25) is 14.3 Å². The Bertz CT molecular complexity index is 1070. The fourth-order valence-electron chi connectivity index (χ4n) is 4.62. The fraction of sp³-hybridized carbons (Fsp3) is 0.600. The minimum Gasteiger partial charge on any atom is -0.369 e. The maximum absolute atomic E-state index is 15.4. The second-order valence-electron chi connectivity index (χ2n) is 8.28. The van der Waals surface area contributed by atoms with Crippen molar-refractivity contribution >= 4 is 16.6 Å². The van der Waals surface area contributed by atoms with Crippen LogP contribution in [0, 0.1) is 25.6 Å². The monoisotopic (exact) mass is 410 g/mol. The maximum Gasteiger partial charge on any atom is 0.329 e. The van der Waals surface area contributed by atoms with E-state index in [9.17, 15) is 18.4 Å². The molecule has 2 atom stereocenters. The van der Waals surface area contributed by atoms with Gasteiger partial charge >= 0.3 is 5.69 Å². The third-order valence-electron chi connectivity index (χ3n) is 6.28. The Morgan fingerprint density at radius 2 is 1.86 bits per heavy atom. The van der Waals surface area contributed by atoms with E-state index in [1.165, 1.54) is 6.92 Å². The van der Waals surface area contributed by atoms with Crippen LogP contribution < -0.4 is 21.9 Å². The number of alkyl halides is 2. The number of nitrogens with two attached hydrogens (primary N) is 1. The van der Waals surface area contributed by atoms with E-state index in [-0.39, 0.29) is 29.3 Å². The summed E-state index contributed by atoms with van der Waals surface area (Å²) in [6.45, 7) is 4.10. The highest BCUT2D eigenvalue weighted by Gasteiger charge is 2.34. The van der Waals surface area contributed by atoms with Crippen molar-refractivity contribution in [2.24, 2.45) is 11.7 Å². The van der Waals surface area contributed by atoms with Crippen LogP contribution in [0.2, 0.25) is 0 Å². The average Bonchev–Trinajstić information content (AvgIpc) is 3.35. The number of aromatic amines is 1. The van der Waals surface area contributed by atoms with Gasteiger partial charge in [0, 0.05) is 42.7 Å². The van der Waals surface area contributed by atoms with Crippen LogP contribution in [0.4, 0.5) is 18.9 Å². The minimum absolute atomic E-state index is 0.00375. The topological polar surface area (TPSA) is 84.1 Å². The second-order valence-corrected chi connectivity index (χ2v) is 8.28. The molecular formula is C20H25F3N4O2. The average molecular weight is 410 g/mol. The Balaban J connectivity index is 1.83. The van der Waals surface area contributed by atoms with Gasteiger partial charge in [0.1, 0.15) is 0 Å². The molecule has 2 unspecified atom stereocenters. The van der Waals surface area contributed by atoms with Crippen molar-refractivity contribution in [2.45, 2.75) is 58.0 Å². The Morgan fingerprint density at radius 1 is 1.17 bits per heavy atom. The molecule has 2 aliphatic rings. The number of hydrogen-bond acceptors (Lipinski definition) is 4. The highest BCUT2D eigenvalue weighted by Crippen LogP contribution is 2.40. The summed E-state index contributed by atoms with van der Waals surface area (Å²) in [4.78, 5) is 29.1. The van der Waals surface area contributed by atoms with Gasteiger partial charge in [-0.2, -0.15) is 0 Å². The molecule has 1 saturated heterocycles. The molecule has 3 N–H and O–H groups in total. The van der Waals surface area contributed by atoms with Crippen LogP contribution in [0.25, 0.3) is 10.9 Å². The zero-order chi connectivity index (χ0) is 21.0. The summed E-state index contributed by atoms with van der Waals surface area (Å²) < 4.78 is 42.3. The van der Waals surface area contributed by atoms with Gasteiger partial charge in [0.25, 0.3) is 5.56 Å². The molecule has 6 nitrogen and oxygen atoms in total. The zero-order valence-electron chi connectivity index (χ0n) is 16.5. The molecule has 1 aromatic heterocycles. The first-order valence-electron chi connectivity index (χ1n) is 9.96. The molecule has 29 heavy (non-hydrogen) atoms. The Morgan fingerprint density at radius 3 is 2.48 bits per heavy atom. The molecule has 0 bridgehead atoms. The molecule has 1 aliphatic carbocycles. The first kappa shape index (κ1) is 20.0. The van der Waals surface area contributed by atoms with Crippen LogP contribution in [-0.2, 0) is 0 Å². The molecule has 0 amide bonds. The van der Waals surface area contributed by atoms with Crippen molar-refractivity contribution in [2.75, 3.05) is 18.0 Å². The number of H-pyrrole nitrogens is 1. The smallest absolute Gasteiger partial charge is 0.329 e. The summed E-state index contributed by atoms with van der Waals surface area (Å²) in [5, 5.41) is 0.195. The van der Waals surface area contributed by atoms with Gasteiger partial charge in [0.2, 0.25) is 6.43 Å². The minimum atomic E-state index is -2.47. The van der Waals surface area contributed by atoms with E-state index in [0.717, 1.165) is 12.8 Å². The zero-order valence-corrected chi connectivity index (χ0v) is 16.5. The van der Waals surface area contributed by atoms with Gasteiger partial charge in [-0.1, -0.05) is 0 Å². The Hall–Kier alpha value is -2.29. The molecule has 1 saturated carbocycles. The molecule has 9 heteroatoms. The molecule has 1 aliphatic heterocycles. The number of rotatable bonds is 5. The molecule has 2 fully saturated rings. The molecule has 158 valence electrons. The normalized spacial score (nSPS) is 20.8. The van der Waals surface area contributed by atoms with E-state index >= 15 is 4.39 Å². The van der Waals surface area contributed by atoms with Gasteiger partial charge in [-0.05, 0) is 39.0 Å². The summed E-state index contributed by atoms with van der Waals surface area (Å²) in [5.41, 5.74) is 6.39.